The lowest BCUT2D eigenvalue weighted by Crippen LogP contribution is -2.31. The molecule has 0 spiro atoms. The quantitative estimate of drug-likeness (QED) is 0.102. The molecule has 27 rings (SSSR count). The predicted molar refractivity (Wildman–Crippen MR) is 600 cm³/mol. The van der Waals surface area contributed by atoms with Gasteiger partial charge in [-0.1, -0.05) is 457 Å². The van der Waals surface area contributed by atoms with Crippen LogP contribution < -0.4 is 19.4 Å². The summed E-state index contributed by atoms with van der Waals surface area (Å²) in [5, 5.41) is 0. The first-order valence-corrected chi connectivity index (χ1v) is 50.2. The zero-order valence-electron chi connectivity index (χ0n) is 81.1. The number of hydrogen-bond donors (Lipinski definition) is 0. The third-order valence-electron chi connectivity index (χ3n) is 30.9. The van der Waals surface area contributed by atoms with E-state index in [0.29, 0.717) is 0 Å². The molecule has 0 bridgehead atoms. The number of halogens is 1. The monoisotopic (exact) mass is 1860 g/mol. The van der Waals surface area contributed by atoms with Crippen LogP contribution in [0.3, 0.4) is 0 Å². The van der Waals surface area contributed by atoms with E-state index in [1.165, 1.54) is 163 Å². The first-order chi connectivity index (χ1) is 71.4. The molecule has 22 aromatic rings. The molecular formula is C140H102FN3O. The second kappa shape index (κ2) is 36.6. The second-order valence-electron chi connectivity index (χ2n) is 39.2. The molecule has 2 heterocycles. The van der Waals surface area contributed by atoms with Crippen LogP contribution in [0.4, 0.5) is 55.6 Å². The van der Waals surface area contributed by atoms with E-state index in [4.69, 9.17) is 4.74 Å². The molecule has 145 heavy (non-hydrogen) atoms. The molecule has 5 aliphatic rings. The molecule has 2 aliphatic heterocycles. The van der Waals surface area contributed by atoms with Crippen LogP contribution in [0.1, 0.15) is 94.5 Å². The summed E-state index contributed by atoms with van der Waals surface area (Å²) < 4.78 is 20.6. The van der Waals surface area contributed by atoms with Gasteiger partial charge in [-0.25, -0.2) is 4.39 Å². The van der Waals surface area contributed by atoms with Crippen molar-refractivity contribution in [2.45, 2.75) is 49.4 Å². The van der Waals surface area contributed by atoms with Crippen LogP contribution in [0.25, 0.3) is 100 Å². The van der Waals surface area contributed by atoms with Crippen molar-refractivity contribution in [2.75, 3.05) is 14.7 Å². The standard InChI is InChI=1S/C49H34FN.C47H37N.C44H31NO/c50-41-29-23-36(24-30-41)38-27-33-43(34-28-38)51(42-31-25-37(26-32-42)35-13-4-1-5-14-35)47-22-12-21-46-48(47)44-19-10-11-20-45(44)49(46,39-15-6-2-7-16-39)40-17-8-3-9-18-40;1-46(2)40-30-34(32-16-7-4-8-17-32)26-28-42(40)48(43-29-27-35(31-41(43)46)33-18-9-5-10-19-33)44-25-15-24-39-45(44)37-22-13-14-23-38(37)47(39,3)36-20-11-6-12-21-36;1-44(34-18-9-4-10-19-34)36-21-12-11-20-35(36)43-37(44)22-13-23-40(43)45-38-26-24-32(30-14-5-2-6-15-30)28-41(38)46-42-29-33(25-27-39(42)45)31-16-7-3-8-17-31/h1-34H;4-31H,1-3H3;2-29H,1H3. The van der Waals surface area contributed by atoms with Gasteiger partial charge in [-0.2, -0.15) is 0 Å². The number of rotatable bonds is 15. The smallest absolute Gasteiger partial charge is 0.152 e. The van der Waals surface area contributed by atoms with Crippen molar-refractivity contribution >= 4 is 51.2 Å². The second-order valence-corrected chi connectivity index (χ2v) is 39.2. The largest absolute Gasteiger partial charge is 0.453 e. The molecular weight excluding hydrogens is 1760 g/mol. The molecule has 4 nitrogen and oxygen atoms in total. The fraction of sp³-hybridized carbons (Fsp3) is 0.0571. The minimum atomic E-state index is -0.500. The summed E-state index contributed by atoms with van der Waals surface area (Å²) in [6, 6.07) is 196. The average molecular weight is 1860 g/mol. The van der Waals surface area contributed by atoms with E-state index in [1.54, 1.807) is 0 Å². The van der Waals surface area contributed by atoms with E-state index in [-0.39, 0.29) is 22.1 Å². The molecule has 0 fully saturated rings. The van der Waals surface area contributed by atoms with Crippen molar-refractivity contribution in [3.63, 3.8) is 0 Å². The Hall–Kier alpha value is -18.0. The summed E-state index contributed by atoms with van der Waals surface area (Å²) in [7, 11) is 0. The molecule has 0 radical (unpaired) electrons. The summed E-state index contributed by atoms with van der Waals surface area (Å²) in [6.07, 6.45) is 0. The average Bonchev–Trinajstić information content (AvgIpc) is 1.55. The number of fused-ring (bicyclic) bond motifs is 13. The Kier molecular flexibility index (Phi) is 22.3. The minimum absolute atomic E-state index is 0.231. The Bertz CT molecular complexity index is 8380. The van der Waals surface area contributed by atoms with Crippen LogP contribution >= 0.6 is 0 Å². The van der Waals surface area contributed by atoms with Crippen LogP contribution in [0.2, 0.25) is 0 Å². The maximum absolute atomic E-state index is 13.8. The molecule has 0 saturated heterocycles. The molecule has 0 N–H and O–H groups in total. The molecule has 2 unspecified atom stereocenters. The molecule has 0 aromatic heterocycles. The number of hydrogen-bond acceptors (Lipinski definition) is 4. The van der Waals surface area contributed by atoms with Gasteiger partial charge in [0.1, 0.15) is 5.82 Å². The van der Waals surface area contributed by atoms with Gasteiger partial charge in [0.2, 0.25) is 0 Å². The molecule has 22 aromatic carbocycles. The van der Waals surface area contributed by atoms with Crippen LogP contribution in [-0.4, -0.2) is 0 Å². The highest BCUT2D eigenvalue weighted by atomic mass is 19.1. The molecule has 5 heteroatoms. The summed E-state index contributed by atoms with van der Waals surface area (Å²) in [5.41, 5.74) is 46.0. The van der Waals surface area contributed by atoms with E-state index in [0.717, 1.165) is 79.0 Å². The third-order valence-corrected chi connectivity index (χ3v) is 30.9. The van der Waals surface area contributed by atoms with Crippen LogP contribution in [0.15, 0.2) is 546 Å². The van der Waals surface area contributed by atoms with Gasteiger partial charge in [0, 0.05) is 44.3 Å². The molecule has 2 atom stereocenters. The number of nitrogens with zero attached hydrogens (tertiary/aromatic N) is 3. The van der Waals surface area contributed by atoms with Crippen LogP contribution in [0, 0.1) is 5.82 Å². The Labute approximate surface area is 848 Å². The topological polar surface area (TPSA) is 19.0 Å². The lowest BCUT2D eigenvalue weighted by Gasteiger charge is -2.43. The van der Waals surface area contributed by atoms with Crippen LogP contribution in [0.5, 0.6) is 11.5 Å². The van der Waals surface area contributed by atoms with E-state index in [9.17, 15) is 4.39 Å². The van der Waals surface area contributed by atoms with Crippen LogP contribution in [-0.2, 0) is 21.7 Å². The SMILES string of the molecule is CC1(C)c2cc(-c3ccccc3)ccc2N(c2cccc3c2-c2ccccc2C3(C)c2ccccc2)c2ccc(-c3ccccc3)cc21.CC1(c2ccccc2)c2ccccc2-c2c(N3c4ccc(-c5ccccc5)cc4Oc4cc(-c5ccccc5)ccc43)cccc21.Fc1ccc(-c2ccc(N(c3ccc(-c4ccccc4)cc3)c3cccc4c3-c3ccccc3C4(c3ccccc3)c3ccccc3)cc2)cc1. The summed E-state index contributed by atoms with van der Waals surface area (Å²) >= 11 is 0. The molecule has 0 amide bonds. The zero-order chi connectivity index (χ0) is 97.3. The maximum Gasteiger partial charge on any atom is 0.152 e. The highest BCUT2D eigenvalue weighted by Gasteiger charge is 2.50. The normalized spacial score (nSPS) is 15.0. The van der Waals surface area contributed by atoms with Gasteiger partial charge in [-0.05, 0) is 267 Å². The van der Waals surface area contributed by atoms with E-state index >= 15 is 0 Å². The van der Waals surface area contributed by atoms with Gasteiger partial charge in [0.25, 0.3) is 0 Å². The van der Waals surface area contributed by atoms with Crippen molar-refractivity contribution in [1.29, 1.82) is 0 Å². The van der Waals surface area contributed by atoms with Crippen molar-refractivity contribution < 1.29 is 9.13 Å². The lowest BCUT2D eigenvalue weighted by molar-refractivity contribution is 0.477. The Morgan fingerprint density at radius 1 is 0.200 bits per heavy atom. The van der Waals surface area contributed by atoms with E-state index in [1.807, 2.05) is 18.2 Å². The van der Waals surface area contributed by atoms with Crippen molar-refractivity contribution in [2.24, 2.45) is 0 Å². The highest BCUT2D eigenvalue weighted by Crippen LogP contribution is 2.65. The van der Waals surface area contributed by atoms with Crippen molar-refractivity contribution in [3.8, 4) is 112 Å². The number of benzene rings is 22. The van der Waals surface area contributed by atoms with Crippen molar-refractivity contribution in [3.05, 3.63) is 619 Å². The predicted octanol–water partition coefficient (Wildman–Crippen LogP) is 37.4. The van der Waals surface area contributed by atoms with Gasteiger partial charge in [-0.3, -0.25) is 0 Å². The van der Waals surface area contributed by atoms with Gasteiger partial charge in [0.05, 0.1) is 45.2 Å². The van der Waals surface area contributed by atoms with E-state index < -0.39 is 5.41 Å². The first kappa shape index (κ1) is 88.4. The Morgan fingerprint density at radius 2 is 0.476 bits per heavy atom. The zero-order valence-corrected chi connectivity index (χ0v) is 81.1. The molecule has 3 aliphatic carbocycles. The lowest BCUT2D eigenvalue weighted by atomic mass is 9.68. The highest BCUT2D eigenvalue weighted by molar-refractivity contribution is 6.03. The molecule has 690 valence electrons. The third kappa shape index (κ3) is 15.0. The van der Waals surface area contributed by atoms with Gasteiger partial charge < -0.3 is 19.4 Å². The van der Waals surface area contributed by atoms with E-state index in [2.05, 4.69) is 558 Å². The Balaban J connectivity index is 0.000000114. The minimum Gasteiger partial charge on any atom is -0.453 e. The summed E-state index contributed by atoms with van der Waals surface area (Å²) in [6.45, 7) is 9.55. The number of ether oxygens (including phenoxy) is 1. The van der Waals surface area contributed by atoms with Gasteiger partial charge in [-0.15, -0.1) is 0 Å². The number of anilines is 9. The Morgan fingerprint density at radius 3 is 0.862 bits per heavy atom. The van der Waals surface area contributed by atoms with Gasteiger partial charge >= 0.3 is 0 Å². The van der Waals surface area contributed by atoms with Crippen molar-refractivity contribution in [1.82, 2.24) is 0 Å². The fourth-order valence-corrected chi connectivity index (χ4v) is 23.9. The summed E-state index contributed by atoms with van der Waals surface area (Å²) in [4.78, 5) is 7.33. The van der Waals surface area contributed by atoms with Gasteiger partial charge in [0.15, 0.2) is 11.5 Å². The fourth-order valence-electron chi connectivity index (χ4n) is 23.9. The summed E-state index contributed by atoms with van der Waals surface area (Å²) in [5.74, 6) is 1.45. The maximum atomic E-state index is 13.8. The molecule has 0 saturated carbocycles. The first-order valence-electron chi connectivity index (χ1n) is 50.2.